The molecule has 0 aliphatic rings. The van der Waals surface area contributed by atoms with Gasteiger partial charge >= 0.3 is 5.97 Å². The lowest BCUT2D eigenvalue weighted by Crippen LogP contribution is -2.12. The zero-order chi connectivity index (χ0) is 18.2. The van der Waals surface area contributed by atoms with E-state index in [1.165, 1.54) is 7.11 Å². The average molecular weight is 343 g/mol. The third-order valence-electron chi connectivity index (χ3n) is 4.01. The number of hydrogen-bond donors (Lipinski definition) is 1. The number of carbonyl (C=O) groups is 1. The van der Waals surface area contributed by atoms with Gasteiger partial charge in [0.2, 0.25) is 0 Å². The molecule has 25 heavy (non-hydrogen) atoms. The quantitative estimate of drug-likeness (QED) is 0.746. The molecule has 5 nitrogen and oxygen atoms in total. The van der Waals surface area contributed by atoms with E-state index in [2.05, 4.69) is 12.2 Å². The van der Waals surface area contributed by atoms with Crippen molar-refractivity contribution in [3.63, 3.8) is 0 Å². The van der Waals surface area contributed by atoms with E-state index < -0.39 is 0 Å². The van der Waals surface area contributed by atoms with Crippen molar-refractivity contribution in [2.24, 2.45) is 0 Å². The van der Waals surface area contributed by atoms with Gasteiger partial charge in [-0.25, -0.2) is 0 Å². The SMILES string of the molecule is CCNCc1ccc(OC)cc1-c1cc(CC(=O)OC)ccc1OC. The molecule has 5 heteroatoms. The topological polar surface area (TPSA) is 56.8 Å². The van der Waals surface area contributed by atoms with Crippen molar-refractivity contribution in [2.45, 2.75) is 19.9 Å². The molecule has 0 radical (unpaired) electrons. The molecule has 2 aromatic carbocycles. The molecule has 0 unspecified atom stereocenters. The fraction of sp³-hybridized carbons (Fsp3) is 0.350. The maximum absolute atomic E-state index is 11.6. The van der Waals surface area contributed by atoms with Crippen LogP contribution in [0.3, 0.4) is 0 Å². The normalized spacial score (nSPS) is 10.4. The van der Waals surface area contributed by atoms with Crippen LogP contribution in [-0.2, 0) is 22.5 Å². The lowest BCUT2D eigenvalue weighted by Gasteiger charge is -2.16. The molecule has 0 heterocycles. The highest BCUT2D eigenvalue weighted by molar-refractivity contribution is 5.78. The van der Waals surface area contributed by atoms with Crippen molar-refractivity contribution < 1.29 is 19.0 Å². The van der Waals surface area contributed by atoms with Gasteiger partial charge in [-0.2, -0.15) is 0 Å². The Bertz CT molecular complexity index is 728. The fourth-order valence-electron chi connectivity index (χ4n) is 2.66. The Balaban J connectivity index is 2.53. The van der Waals surface area contributed by atoms with Crippen LogP contribution in [0, 0.1) is 0 Å². The molecule has 134 valence electrons. The second-order valence-corrected chi connectivity index (χ2v) is 5.59. The third kappa shape index (κ3) is 4.73. The molecule has 2 rings (SSSR count). The summed E-state index contributed by atoms with van der Waals surface area (Å²) >= 11 is 0. The molecule has 0 saturated heterocycles. The summed E-state index contributed by atoms with van der Waals surface area (Å²) in [6, 6.07) is 11.7. The molecule has 2 aromatic rings. The van der Waals surface area contributed by atoms with Crippen molar-refractivity contribution in [1.82, 2.24) is 5.32 Å². The number of benzene rings is 2. The molecule has 0 spiro atoms. The predicted molar refractivity (Wildman–Crippen MR) is 98.1 cm³/mol. The molecule has 0 amide bonds. The number of carbonyl (C=O) groups excluding carboxylic acids is 1. The second-order valence-electron chi connectivity index (χ2n) is 5.59. The number of methoxy groups -OCH3 is 3. The van der Waals surface area contributed by atoms with Gasteiger partial charge < -0.3 is 19.5 Å². The van der Waals surface area contributed by atoms with Crippen molar-refractivity contribution in [3.8, 4) is 22.6 Å². The van der Waals surface area contributed by atoms with Crippen molar-refractivity contribution in [3.05, 3.63) is 47.5 Å². The van der Waals surface area contributed by atoms with E-state index in [0.29, 0.717) is 0 Å². The van der Waals surface area contributed by atoms with Crippen molar-refractivity contribution in [2.75, 3.05) is 27.9 Å². The summed E-state index contributed by atoms with van der Waals surface area (Å²) < 4.78 is 15.7. The van der Waals surface area contributed by atoms with Crippen LogP contribution in [0.2, 0.25) is 0 Å². The van der Waals surface area contributed by atoms with E-state index in [0.717, 1.165) is 46.8 Å². The molecule has 0 aliphatic heterocycles. The maximum Gasteiger partial charge on any atom is 0.309 e. The van der Waals surface area contributed by atoms with E-state index in [9.17, 15) is 4.79 Å². The Labute approximate surface area is 148 Å². The van der Waals surface area contributed by atoms with E-state index in [1.54, 1.807) is 14.2 Å². The number of esters is 1. The summed E-state index contributed by atoms with van der Waals surface area (Å²) in [5.74, 6) is 1.25. The predicted octanol–water partition coefficient (Wildman–Crippen LogP) is 3.20. The highest BCUT2D eigenvalue weighted by Gasteiger charge is 2.14. The van der Waals surface area contributed by atoms with Gasteiger partial charge in [-0.1, -0.05) is 19.1 Å². The van der Waals surface area contributed by atoms with Crippen LogP contribution in [-0.4, -0.2) is 33.8 Å². The molecule has 0 aliphatic carbocycles. The van der Waals surface area contributed by atoms with Crippen LogP contribution in [0.5, 0.6) is 11.5 Å². The Morgan fingerprint density at radius 2 is 1.80 bits per heavy atom. The maximum atomic E-state index is 11.6. The van der Waals surface area contributed by atoms with Crippen LogP contribution in [0.25, 0.3) is 11.1 Å². The first-order valence-corrected chi connectivity index (χ1v) is 8.24. The van der Waals surface area contributed by atoms with Crippen LogP contribution >= 0.6 is 0 Å². The van der Waals surface area contributed by atoms with Crippen LogP contribution in [0.1, 0.15) is 18.1 Å². The monoisotopic (exact) mass is 343 g/mol. The third-order valence-corrected chi connectivity index (χ3v) is 4.01. The summed E-state index contributed by atoms with van der Waals surface area (Å²) in [6.45, 7) is 3.69. The molecule has 0 saturated carbocycles. The number of rotatable bonds is 8. The number of hydrogen-bond acceptors (Lipinski definition) is 5. The van der Waals surface area contributed by atoms with E-state index >= 15 is 0 Å². The molecule has 0 atom stereocenters. The first kappa shape index (κ1) is 18.8. The molecule has 0 fully saturated rings. The number of ether oxygens (including phenoxy) is 3. The van der Waals surface area contributed by atoms with Gasteiger partial charge in [0.15, 0.2) is 0 Å². The molecule has 0 bridgehead atoms. The highest BCUT2D eigenvalue weighted by Crippen LogP contribution is 2.35. The zero-order valence-corrected chi connectivity index (χ0v) is 15.2. The minimum absolute atomic E-state index is 0.222. The Hall–Kier alpha value is -2.53. The van der Waals surface area contributed by atoms with Gasteiger partial charge in [0.25, 0.3) is 0 Å². The molecule has 1 N–H and O–H groups in total. The van der Waals surface area contributed by atoms with E-state index in [1.807, 2.05) is 36.4 Å². The van der Waals surface area contributed by atoms with Crippen molar-refractivity contribution >= 4 is 5.97 Å². The lowest BCUT2D eigenvalue weighted by atomic mass is 9.96. The van der Waals surface area contributed by atoms with E-state index in [-0.39, 0.29) is 12.4 Å². The largest absolute Gasteiger partial charge is 0.497 e. The highest BCUT2D eigenvalue weighted by atomic mass is 16.5. The zero-order valence-electron chi connectivity index (χ0n) is 15.2. The Morgan fingerprint density at radius 3 is 2.44 bits per heavy atom. The summed E-state index contributed by atoms with van der Waals surface area (Å²) in [5, 5.41) is 3.35. The lowest BCUT2D eigenvalue weighted by molar-refractivity contribution is -0.139. The summed E-state index contributed by atoms with van der Waals surface area (Å²) in [4.78, 5) is 11.6. The van der Waals surface area contributed by atoms with Gasteiger partial charge in [-0.15, -0.1) is 0 Å². The van der Waals surface area contributed by atoms with Gasteiger partial charge in [0, 0.05) is 12.1 Å². The summed E-state index contributed by atoms with van der Waals surface area (Å²) in [6.07, 6.45) is 0.222. The summed E-state index contributed by atoms with van der Waals surface area (Å²) in [5.41, 5.74) is 3.95. The Morgan fingerprint density at radius 1 is 1.00 bits per heavy atom. The van der Waals surface area contributed by atoms with E-state index in [4.69, 9.17) is 14.2 Å². The van der Waals surface area contributed by atoms with Gasteiger partial charge in [-0.3, -0.25) is 4.79 Å². The van der Waals surface area contributed by atoms with Gasteiger partial charge in [0.05, 0.1) is 27.8 Å². The minimum atomic E-state index is -0.269. The number of nitrogens with one attached hydrogen (secondary N) is 1. The molecular formula is C20H25NO4. The standard InChI is InChI=1S/C20H25NO4/c1-5-21-13-15-7-8-16(23-2)12-17(15)18-10-14(11-20(22)25-4)6-9-19(18)24-3/h6-10,12,21H,5,11,13H2,1-4H3. The first-order valence-electron chi connectivity index (χ1n) is 8.24. The summed E-state index contributed by atoms with van der Waals surface area (Å²) in [7, 11) is 4.68. The van der Waals surface area contributed by atoms with Crippen molar-refractivity contribution in [1.29, 1.82) is 0 Å². The average Bonchev–Trinajstić information content (AvgIpc) is 2.66. The smallest absolute Gasteiger partial charge is 0.309 e. The first-order chi connectivity index (χ1) is 12.1. The van der Waals surface area contributed by atoms with Gasteiger partial charge in [0.1, 0.15) is 11.5 Å². The van der Waals surface area contributed by atoms with Crippen LogP contribution in [0.15, 0.2) is 36.4 Å². The second kappa shape index (κ2) is 9.08. The van der Waals surface area contributed by atoms with Gasteiger partial charge in [-0.05, 0) is 47.5 Å². The molecule has 0 aromatic heterocycles. The minimum Gasteiger partial charge on any atom is -0.497 e. The Kier molecular flexibility index (Phi) is 6.83. The van der Waals surface area contributed by atoms with Crippen LogP contribution in [0.4, 0.5) is 0 Å². The molecular weight excluding hydrogens is 318 g/mol. The fourth-order valence-corrected chi connectivity index (χ4v) is 2.66. The van der Waals surface area contributed by atoms with Crippen LogP contribution < -0.4 is 14.8 Å².